The van der Waals surface area contributed by atoms with Gasteiger partial charge in [-0.15, -0.1) is 10.2 Å². The zero-order valence-corrected chi connectivity index (χ0v) is 31.6. The van der Waals surface area contributed by atoms with E-state index in [4.69, 9.17) is 9.84 Å². The fourth-order valence-corrected chi connectivity index (χ4v) is 8.19. The lowest BCUT2D eigenvalue weighted by molar-refractivity contribution is 0.171. The number of urea groups is 1. The number of amides is 2. The number of carbonyl (C=O) groups is 1. The van der Waals surface area contributed by atoms with E-state index in [0.717, 1.165) is 85.0 Å². The SMILES string of the molecule is C[C@H]1CCCCN1c1nnc2ccc(O[C@@H]3CC[C@H](NC(=O)Nc4cc(C(C)(C)C)nn4-c4cccc(CCN5CCCC5)c4)c4ccccc43)cn12. The largest absolute Gasteiger partial charge is 0.484 e. The van der Waals surface area contributed by atoms with Gasteiger partial charge in [-0.3, -0.25) is 9.72 Å². The summed E-state index contributed by atoms with van der Waals surface area (Å²) in [5, 5.41) is 20.5. The minimum Gasteiger partial charge on any atom is -0.484 e. The molecule has 5 aromatic rings. The van der Waals surface area contributed by atoms with Gasteiger partial charge in [0.1, 0.15) is 17.7 Å². The molecule has 3 atom stereocenters. The van der Waals surface area contributed by atoms with E-state index in [1.807, 2.05) is 41.2 Å². The smallest absolute Gasteiger partial charge is 0.320 e. The molecule has 2 amide bonds. The van der Waals surface area contributed by atoms with Crippen molar-refractivity contribution in [1.29, 1.82) is 0 Å². The van der Waals surface area contributed by atoms with Gasteiger partial charge in [0.15, 0.2) is 5.65 Å². The van der Waals surface area contributed by atoms with Crippen molar-refractivity contribution in [2.24, 2.45) is 0 Å². The van der Waals surface area contributed by atoms with Gasteiger partial charge >= 0.3 is 6.03 Å². The molecule has 1 aliphatic carbocycles. The van der Waals surface area contributed by atoms with E-state index in [-0.39, 0.29) is 23.6 Å². The maximum absolute atomic E-state index is 13.8. The minimum absolute atomic E-state index is 0.146. The van der Waals surface area contributed by atoms with Crippen molar-refractivity contribution in [2.45, 2.75) is 103 Å². The molecule has 0 bridgehead atoms. The molecule has 0 spiro atoms. The molecule has 278 valence electrons. The number of ether oxygens (including phenoxy) is 1. The third-order valence-corrected chi connectivity index (χ3v) is 11.2. The van der Waals surface area contributed by atoms with E-state index in [0.29, 0.717) is 11.9 Å². The number of rotatable bonds is 9. The molecule has 8 rings (SSSR count). The summed E-state index contributed by atoms with van der Waals surface area (Å²) in [4.78, 5) is 18.7. The first kappa shape index (κ1) is 35.1. The summed E-state index contributed by atoms with van der Waals surface area (Å²) >= 11 is 0. The second-order valence-corrected chi connectivity index (χ2v) is 16.1. The van der Waals surface area contributed by atoms with Crippen LogP contribution in [0.3, 0.4) is 0 Å². The van der Waals surface area contributed by atoms with Gasteiger partial charge in [-0.25, -0.2) is 9.48 Å². The van der Waals surface area contributed by atoms with E-state index in [9.17, 15) is 4.79 Å². The molecule has 3 aromatic heterocycles. The molecular weight excluding hydrogens is 663 g/mol. The molecule has 2 N–H and O–H groups in total. The fraction of sp³-hybridized carbons (Fsp3) is 0.476. The zero-order chi connectivity index (χ0) is 36.5. The van der Waals surface area contributed by atoms with Gasteiger partial charge in [-0.05, 0) is 112 Å². The third-order valence-electron chi connectivity index (χ3n) is 11.2. The van der Waals surface area contributed by atoms with Crippen molar-refractivity contribution < 1.29 is 9.53 Å². The monoisotopic (exact) mass is 715 g/mol. The minimum atomic E-state index is -0.256. The van der Waals surface area contributed by atoms with Crippen molar-refractivity contribution in [3.63, 3.8) is 0 Å². The number of nitrogens with zero attached hydrogens (tertiary/aromatic N) is 7. The first-order valence-corrected chi connectivity index (χ1v) is 19.6. The Morgan fingerprint density at radius 3 is 2.51 bits per heavy atom. The Hall–Kier alpha value is -4.90. The number of likely N-dealkylation sites (tertiary alicyclic amines) is 1. The van der Waals surface area contributed by atoms with Crippen LogP contribution in [0.1, 0.15) is 107 Å². The topological polar surface area (TPSA) is 105 Å². The van der Waals surface area contributed by atoms with Crippen molar-refractivity contribution >= 4 is 23.4 Å². The Bertz CT molecular complexity index is 2060. The number of hydrogen-bond acceptors (Lipinski definition) is 7. The highest BCUT2D eigenvalue weighted by atomic mass is 16.5. The molecular formula is C42H53N9O2. The molecule has 2 fully saturated rings. The number of hydrogen-bond donors (Lipinski definition) is 2. The Balaban J connectivity index is 0.979. The van der Waals surface area contributed by atoms with Crippen LogP contribution in [0.15, 0.2) is 72.9 Å². The van der Waals surface area contributed by atoms with Crippen LogP contribution in [-0.4, -0.2) is 67.5 Å². The number of anilines is 2. The highest BCUT2D eigenvalue weighted by Crippen LogP contribution is 2.39. The second-order valence-electron chi connectivity index (χ2n) is 16.1. The summed E-state index contributed by atoms with van der Waals surface area (Å²) in [6.07, 6.45) is 10.5. The van der Waals surface area contributed by atoms with Crippen LogP contribution in [0.5, 0.6) is 5.75 Å². The number of benzene rings is 2. The summed E-state index contributed by atoms with van der Waals surface area (Å²) in [7, 11) is 0. The summed E-state index contributed by atoms with van der Waals surface area (Å²) in [6, 6.07) is 22.8. The van der Waals surface area contributed by atoms with Crippen LogP contribution >= 0.6 is 0 Å². The van der Waals surface area contributed by atoms with Gasteiger partial charge < -0.3 is 19.9 Å². The molecule has 11 nitrogen and oxygen atoms in total. The fourth-order valence-electron chi connectivity index (χ4n) is 8.19. The number of piperidine rings is 1. The predicted octanol–water partition coefficient (Wildman–Crippen LogP) is 8.01. The summed E-state index contributed by atoms with van der Waals surface area (Å²) in [5.41, 5.74) is 5.91. The van der Waals surface area contributed by atoms with E-state index < -0.39 is 0 Å². The number of carbonyl (C=O) groups excluding carboxylic acids is 1. The highest BCUT2D eigenvalue weighted by Gasteiger charge is 2.31. The van der Waals surface area contributed by atoms with Crippen LogP contribution in [0.25, 0.3) is 11.3 Å². The standard InChI is InChI=1S/C42H53N9O2/c1-29-12-7-8-24-49(29)41-46-45-38-20-17-32(28-50(38)41)53-36-19-18-35(33-15-5-6-16-34(33)36)43-40(52)44-39-27-37(42(2,3)4)47-51(39)31-14-11-13-30(26-31)21-25-48-22-9-10-23-48/h5-6,11,13-17,20,26-29,35-36H,7-10,12,18-19,21-25H2,1-4H3,(H2,43,44,52)/t29-,35-,36+/m0/s1. The lowest BCUT2D eigenvalue weighted by Crippen LogP contribution is -2.38. The van der Waals surface area contributed by atoms with Gasteiger partial charge in [0.2, 0.25) is 5.95 Å². The molecule has 0 unspecified atom stereocenters. The van der Waals surface area contributed by atoms with Gasteiger partial charge in [-0.2, -0.15) is 5.10 Å². The third kappa shape index (κ3) is 7.62. The van der Waals surface area contributed by atoms with E-state index in [1.165, 1.54) is 37.9 Å². The average molecular weight is 716 g/mol. The second kappa shape index (κ2) is 14.9. The normalized spacial score (nSPS) is 20.8. The quantitative estimate of drug-likeness (QED) is 0.159. The Labute approximate surface area is 312 Å². The number of fused-ring (bicyclic) bond motifs is 2. The number of nitrogens with one attached hydrogen (secondary N) is 2. The summed E-state index contributed by atoms with van der Waals surface area (Å²) < 4.78 is 10.6. The van der Waals surface area contributed by atoms with Crippen molar-refractivity contribution in [3.05, 3.63) is 95.3 Å². The van der Waals surface area contributed by atoms with E-state index in [1.54, 1.807) is 0 Å². The molecule has 2 aromatic carbocycles. The lowest BCUT2D eigenvalue weighted by atomic mass is 9.85. The zero-order valence-electron chi connectivity index (χ0n) is 31.6. The summed E-state index contributed by atoms with van der Waals surface area (Å²) in [6.45, 7) is 13.1. The van der Waals surface area contributed by atoms with Crippen molar-refractivity contribution in [1.82, 2.24) is 34.6 Å². The van der Waals surface area contributed by atoms with Crippen molar-refractivity contribution in [2.75, 3.05) is 36.4 Å². The first-order valence-electron chi connectivity index (χ1n) is 19.6. The molecule has 5 heterocycles. The average Bonchev–Trinajstić information content (AvgIpc) is 3.93. The van der Waals surface area contributed by atoms with Crippen LogP contribution < -0.4 is 20.3 Å². The summed E-state index contributed by atoms with van der Waals surface area (Å²) in [5.74, 6) is 2.30. The van der Waals surface area contributed by atoms with Gasteiger partial charge in [0.25, 0.3) is 0 Å². The Morgan fingerprint density at radius 2 is 1.70 bits per heavy atom. The molecule has 3 aliphatic rings. The van der Waals surface area contributed by atoms with Gasteiger partial charge in [0.05, 0.1) is 23.6 Å². The van der Waals surface area contributed by atoms with Crippen molar-refractivity contribution in [3.8, 4) is 11.4 Å². The van der Waals surface area contributed by atoms with Crippen LogP contribution in [0.4, 0.5) is 16.6 Å². The van der Waals surface area contributed by atoms with Gasteiger partial charge in [0, 0.05) is 30.6 Å². The Kier molecular flexibility index (Phi) is 9.85. The molecule has 0 radical (unpaired) electrons. The van der Waals surface area contributed by atoms with Crippen LogP contribution in [-0.2, 0) is 11.8 Å². The van der Waals surface area contributed by atoms with Gasteiger partial charge in [-0.1, -0.05) is 57.2 Å². The molecule has 11 heteroatoms. The Morgan fingerprint density at radius 1 is 0.887 bits per heavy atom. The number of aromatic nitrogens is 5. The van der Waals surface area contributed by atoms with Crippen LogP contribution in [0, 0.1) is 0 Å². The number of pyridine rings is 1. The maximum Gasteiger partial charge on any atom is 0.320 e. The van der Waals surface area contributed by atoms with Crippen LogP contribution in [0.2, 0.25) is 0 Å². The molecule has 2 aliphatic heterocycles. The van der Waals surface area contributed by atoms with E-state index in [2.05, 4.69) is 99.1 Å². The lowest BCUT2D eigenvalue weighted by Gasteiger charge is -2.33. The molecule has 2 saturated heterocycles. The maximum atomic E-state index is 13.8. The predicted molar refractivity (Wildman–Crippen MR) is 209 cm³/mol. The molecule has 53 heavy (non-hydrogen) atoms. The molecule has 0 saturated carbocycles. The highest BCUT2D eigenvalue weighted by molar-refractivity contribution is 5.89. The van der Waals surface area contributed by atoms with E-state index >= 15 is 0 Å². The first-order chi connectivity index (χ1) is 25.7.